The van der Waals surface area contributed by atoms with Crippen LogP contribution in [-0.4, -0.2) is 15.5 Å². The molecule has 4 nitrogen and oxygen atoms in total. The Morgan fingerprint density at radius 1 is 1.00 bits per heavy atom. The number of hydrogen-bond acceptors (Lipinski definition) is 3. The minimum Gasteiger partial charge on any atom is -0.497 e. The molecule has 0 aromatic heterocycles. The molecule has 134 valence electrons. The summed E-state index contributed by atoms with van der Waals surface area (Å²) in [5.41, 5.74) is 1.56. The van der Waals surface area contributed by atoms with Crippen molar-refractivity contribution in [3.8, 4) is 16.9 Å². The van der Waals surface area contributed by atoms with Gasteiger partial charge in [0.25, 0.3) is 10.0 Å². The maximum Gasteiger partial charge on any atom is 0.261 e. The van der Waals surface area contributed by atoms with E-state index >= 15 is 0 Å². The lowest BCUT2D eigenvalue weighted by Gasteiger charge is -2.13. The fourth-order valence-electron chi connectivity index (χ4n) is 2.45. The van der Waals surface area contributed by atoms with Gasteiger partial charge in [-0.3, -0.25) is 4.72 Å². The lowest BCUT2D eigenvalue weighted by Crippen LogP contribution is -2.13. The zero-order valence-electron chi connectivity index (χ0n) is 13.7. The maximum atomic E-state index is 13.4. The molecule has 0 atom stereocenters. The molecule has 0 aliphatic rings. The van der Waals surface area contributed by atoms with Crippen molar-refractivity contribution in [3.63, 3.8) is 0 Å². The summed E-state index contributed by atoms with van der Waals surface area (Å²) < 4.78 is 46.4. The molecule has 0 aliphatic heterocycles. The number of nitrogens with one attached hydrogen (secondary N) is 1. The van der Waals surface area contributed by atoms with Crippen LogP contribution in [0.15, 0.2) is 71.6 Å². The van der Waals surface area contributed by atoms with Gasteiger partial charge in [-0.1, -0.05) is 35.9 Å². The Morgan fingerprint density at radius 3 is 2.35 bits per heavy atom. The van der Waals surface area contributed by atoms with Gasteiger partial charge >= 0.3 is 0 Å². The van der Waals surface area contributed by atoms with Crippen molar-refractivity contribution >= 4 is 27.3 Å². The third kappa shape index (κ3) is 3.81. The van der Waals surface area contributed by atoms with Crippen LogP contribution in [0.1, 0.15) is 0 Å². The maximum absolute atomic E-state index is 13.4. The van der Waals surface area contributed by atoms with E-state index in [1.807, 2.05) is 0 Å². The van der Waals surface area contributed by atoms with Crippen LogP contribution in [0.5, 0.6) is 5.75 Å². The third-order valence-electron chi connectivity index (χ3n) is 3.77. The van der Waals surface area contributed by atoms with Gasteiger partial charge in [0, 0.05) is 5.56 Å². The van der Waals surface area contributed by atoms with Crippen molar-refractivity contribution in [3.05, 3.63) is 77.6 Å². The summed E-state index contributed by atoms with van der Waals surface area (Å²) in [5.74, 6) is 0.0250. The number of ether oxygens (including phenoxy) is 1. The number of rotatable bonds is 5. The van der Waals surface area contributed by atoms with Crippen molar-refractivity contribution in [1.29, 1.82) is 0 Å². The van der Waals surface area contributed by atoms with Crippen LogP contribution in [-0.2, 0) is 10.0 Å². The molecular weight excluding hydrogens is 377 g/mol. The lowest BCUT2D eigenvalue weighted by molar-refractivity contribution is 0.414. The summed E-state index contributed by atoms with van der Waals surface area (Å²) in [5, 5.41) is -0.0321. The molecule has 0 spiro atoms. The van der Waals surface area contributed by atoms with Gasteiger partial charge in [0.2, 0.25) is 0 Å². The lowest BCUT2D eigenvalue weighted by atomic mass is 10.0. The molecule has 3 aromatic carbocycles. The second-order valence-electron chi connectivity index (χ2n) is 5.46. The minimum absolute atomic E-state index is 0.0321. The van der Waals surface area contributed by atoms with E-state index in [9.17, 15) is 12.8 Å². The van der Waals surface area contributed by atoms with Crippen molar-refractivity contribution in [2.45, 2.75) is 4.90 Å². The molecule has 0 aliphatic carbocycles. The smallest absolute Gasteiger partial charge is 0.261 e. The molecule has 1 N–H and O–H groups in total. The van der Waals surface area contributed by atoms with Gasteiger partial charge in [0.15, 0.2) is 0 Å². The molecular formula is C19H15ClFNO3S. The summed E-state index contributed by atoms with van der Waals surface area (Å²) in [6.07, 6.45) is 0. The molecule has 0 unspecified atom stereocenters. The largest absolute Gasteiger partial charge is 0.497 e. The predicted molar refractivity (Wildman–Crippen MR) is 101 cm³/mol. The number of halogens is 2. The molecule has 0 bridgehead atoms. The van der Waals surface area contributed by atoms with Crippen LogP contribution in [0.25, 0.3) is 11.1 Å². The average Bonchev–Trinajstić information content (AvgIpc) is 2.64. The molecule has 0 heterocycles. The Bertz CT molecular complexity index is 1040. The van der Waals surface area contributed by atoms with Crippen LogP contribution in [0, 0.1) is 5.82 Å². The molecule has 26 heavy (non-hydrogen) atoms. The predicted octanol–water partition coefficient (Wildman–Crippen LogP) is 4.96. The first-order valence-corrected chi connectivity index (χ1v) is 9.48. The molecule has 0 saturated carbocycles. The minimum atomic E-state index is -3.80. The zero-order chi connectivity index (χ0) is 18.7. The van der Waals surface area contributed by atoms with Crippen LogP contribution < -0.4 is 9.46 Å². The Kier molecular flexibility index (Phi) is 5.15. The number of benzene rings is 3. The monoisotopic (exact) mass is 391 g/mol. The van der Waals surface area contributed by atoms with Crippen LogP contribution in [0.3, 0.4) is 0 Å². The van der Waals surface area contributed by atoms with Crippen molar-refractivity contribution in [2.24, 2.45) is 0 Å². The van der Waals surface area contributed by atoms with E-state index in [1.54, 1.807) is 42.5 Å². The van der Waals surface area contributed by atoms with E-state index in [0.29, 0.717) is 22.6 Å². The average molecular weight is 392 g/mol. The van der Waals surface area contributed by atoms with Crippen LogP contribution >= 0.6 is 11.6 Å². The highest BCUT2D eigenvalue weighted by Gasteiger charge is 2.17. The van der Waals surface area contributed by atoms with E-state index in [1.165, 1.54) is 31.4 Å². The van der Waals surface area contributed by atoms with Gasteiger partial charge in [0.1, 0.15) is 11.6 Å². The highest BCUT2D eigenvalue weighted by molar-refractivity contribution is 7.92. The van der Waals surface area contributed by atoms with Crippen molar-refractivity contribution in [2.75, 3.05) is 11.8 Å². The standard InChI is InChI=1S/C19H15ClFNO3S/c1-25-14-7-9-15(10-8-14)26(23,24)22-19-5-3-2-4-16(19)13-6-11-18(21)17(20)12-13/h2-12,22H,1H3. The summed E-state index contributed by atoms with van der Waals surface area (Å²) in [6, 6.07) is 17.1. The first-order chi connectivity index (χ1) is 12.4. The number of methoxy groups -OCH3 is 1. The quantitative estimate of drug-likeness (QED) is 0.669. The van der Waals surface area contributed by atoms with Gasteiger partial charge in [0.05, 0.1) is 22.7 Å². The zero-order valence-corrected chi connectivity index (χ0v) is 15.3. The molecule has 0 radical (unpaired) electrons. The fourth-order valence-corrected chi connectivity index (χ4v) is 3.71. The highest BCUT2D eigenvalue weighted by atomic mass is 35.5. The van der Waals surface area contributed by atoms with Gasteiger partial charge in [-0.25, -0.2) is 12.8 Å². The summed E-state index contributed by atoms with van der Waals surface area (Å²) in [6.45, 7) is 0. The summed E-state index contributed by atoms with van der Waals surface area (Å²) >= 11 is 5.85. The van der Waals surface area contributed by atoms with E-state index in [0.717, 1.165) is 0 Å². The van der Waals surface area contributed by atoms with Crippen molar-refractivity contribution in [1.82, 2.24) is 0 Å². The van der Waals surface area contributed by atoms with E-state index in [-0.39, 0.29) is 9.92 Å². The Hall–Kier alpha value is -2.57. The normalized spacial score (nSPS) is 11.2. The molecule has 0 fully saturated rings. The molecule has 3 aromatic rings. The second-order valence-corrected chi connectivity index (χ2v) is 7.55. The highest BCUT2D eigenvalue weighted by Crippen LogP contribution is 2.32. The number of anilines is 1. The van der Waals surface area contributed by atoms with E-state index in [4.69, 9.17) is 16.3 Å². The first-order valence-electron chi connectivity index (χ1n) is 7.62. The molecule has 0 saturated heterocycles. The first kappa shape index (κ1) is 18.2. The van der Waals surface area contributed by atoms with E-state index < -0.39 is 15.8 Å². The van der Waals surface area contributed by atoms with Gasteiger partial charge in [-0.05, 0) is 48.0 Å². The number of sulfonamides is 1. The Morgan fingerprint density at radius 2 is 1.69 bits per heavy atom. The van der Waals surface area contributed by atoms with E-state index in [2.05, 4.69) is 4.72 Å². The third-order valence-corrected chi connectivity index (χ3v) is 5.44. The number of hydrogen-bond donors (Lipinski definition) is 1. The molecule has 0 amide bonds. The summed E-state index contributed by atoms with van der Waals surface area (Å²) in [4.78, 5) is 0.102. The van der Waals surface area contributed by atoms with Gasteiger partial charge < -0.3 is 4.74 Å². The Balaban J connectivity index is 1.98. The fraction of sp³-hybridized carbons (Fsp3) is 0.0526. The molecule has 3 rings (SSSR count). The Labute approximate surface area is 156 Å². The SMILES string of the molecule is COc1ccc(S(=O)(=O)Nc2ccccc2-c2ccc(F)c(Cl)c2)cc1. The van der Waals surface area contributed by atoms with Gasteiger partial charge in [-0.15, -0.1) is 0 Å². The van der Waals surface area contributed by atoms with Crippen LogP contribution in [0.2, 0.25) is 5.02 Å². The number of para-hydroxylation sites is 1. The topological polar surface area (TPSA) is 55.4 Å². The van der Waals surface area contributed by atoms with Crippen LogP contribution in [0.4, 0.5) is 10.1 Å². The van der Waals surface area contributed by atoms with Crippen molar-refractivity contribution < 1.29 is 17.5 Å². The molecule has 7 heteroatoms. The van der Waals surface area contributed by atoms with Gasteiger partial charge in [-0.2, -0.15) is 0 Å². The summed E-state index contributed by atoms with van der Waals surface area (Å²) in [7, 11) is -2.29. The second kappa shape index (κ2) is 7.35.